The van der Waals surface area contributed by atoms with E-state index in [2.05, 4.69) is 5.32 Å². The van der Waals surface area contributed by atoms with Crippen LogP contribution in [0.25, 0.3) is 0 Å². The van der Waals surface area contributed by atoms with Gasteiger partial charge in [-0.1, -0.05) is 30.3 Å². The minimum atomic E-state index is -0.565. The molecule has 8 heteroatoms. The van der Waals surface area contributed by atoms with Gasteiger partial charge in [0, 0.05) is 7.11 Å². The Labute approximate surface area is 161 Å². The van der Waals surface area contributed by atoms with Crippen molar-refractivity contribution in [2.75, 3.05) is 20.3 Å². The van der Waals surface area contributed by atoms with Crippen LogP contribution in [0, 0.1) is 0 Å². The summed E-state index contributed by atoms with van der Waals surface area (Å²) in [5, 5.41) is 11.4. The average Bonchev–Trinajstić information content (AvgIpc) is 2.37. The molecule has 0 spiro atoms. The topological polar surface area (TPSA) is 67.8 Å². The molecule has 0 saturated carbocycles. The third-order valence-electron chi connectivity index (χ3n) is 2.12. The predicted molar refractivity (Wildman–Crippen MR) is 68.3 cm³/mol. The standard InChI is InChI=1S/C12H17NO4.Ca.2ClH/c1-16-9-11(7-14)13-12(15)17-8-10-5-3-2-4-6-10;;;/h2-6,11,14H,7-9H2,1H3,(H,13,15);;2*1H/q;+2;;/p-2/t11-;;;/m1.../s1. The molecule has 0 bridgehead atoms. The van der Waals surface area contributed by atoms with Crippen molar-refractivity contribution in [1.82, 2.24) is 5.32 Å². The van der Waals surface area contributed by atoms with Gasteiger partial charge in [-0.05, 0) is 5.56 Å². The molecule has 5 nitrogen and oxygen atoms in total. The molecule has 0 radical (unpaired) electrons. The Hall–Kier alpha value is 0.250. The van der Waals surface area contributed by atoms with Gasteiger partial charge in [-0.25, -0.2) is 4.79 Å². The fraction of sp³-hybridized carbons (Fsp3) is 0.417. The van der Waals surface area contributed by atoms with E-state index < -0.39 is 12.1 Å². The summed E-state index contributed by atoms with van der Waals surface area (Å²) in [5.74, 6) is 0. The van der Waals surface area contributed by atoms with E-state index in [1.165, 1.54) is 7.11 Å². The molecule has 1 aromatic rings. The van der Waals surface area contributed by atoms with Crippen LogP contribution >= 0.6 is 0 Å². The number of aliphatic hydroxyl groups excluding tert-OH is 1. The number of carbonyl (C=O) groups excluding carboxylic acids is 1. The molecule has 20 heavy (non-hydrogen) atoms. The minimum absolute atomic E-state index is 0. The van der Waals surface area contributed by atoms with Gasteiger partial charge >= 0.3 is 43.8 Å². The van der Waals surface area contributed by atoms with Gasteiger partial charge in [0.25, 0.3) is 0 Å². The van der Waals surface area contributed by atoms with Gasteiger partial charge in [0.05, 0.1) is 19.3 Å². The number of nitrogens with one attached hydrogen (secondary N) is 1. The van der Waals surface area contributed by atoms with Crippen molar-refractivity contribution in [3.8, 4) is 0 Å². The number of aliphatic hydroxyl groups is 1. The number of carbonyl (C=O) groups is 1. The van der Waals surface area contributed by atoms with Crippen LogP contribution in [0.3, 0.4) is 0 Å². The fourth-order valence-electron chi connectivity index (χ4n) is 1.27. The van der Waals surface area contributed by atoms with Crippen molar-refractivity contribution < 1.29 is 44.2 Å². The maximum absolute atomic E-state index is 11.4. The summed E-state index contributed by atoms with van der Waals surface area (Å²) >= 11 is 0. The first-order chi connectivity index (χ1) is 8.26. The average molecular weight is 350 g/mol. The smallest absolute Gasteiger partial charge is 1.00 e. The predicted octanol–water partition coefficient (Wildman–Crippen LogP) is -5.45. The molecule has 0 aromatic heterocycles. The monoisotopic (exact) mass is 349 g/mol. The number of alkyl carbamates (subject to hydrolysis) is 1. The molecule has 0 aliphatic carbocycles. The number of methoxy groups -OCH3 is 1. The van der Waals surface area contributed by atoms with Crippen molar-refractivity contribution in [1.29, 1.82) is 0 Å². The first kappa shape index (κ1) is 25.2. The van der Waals surface area contributed by atoms with Crippen LogP contribution in [0.5, 0.6) is 0 Å². The number of ether oxygens (including phenoxy) is 2. The molecule has 0 aliphatic rings. The van der Waals surface area contributed by atoms with Gasteiger partial charge in [0.15, 0.2) is 0 Å². The van der Waals surface area contributed by atoms with Crippen LogP contribution in [0.2, 0.25) is 0 Å². The SMILES string of the molecule is COC[C@@H](CO)NC(=O)OCc1ccccc1.[Ca+2].[Cl-].[Cl-]. The number of hydrogen-bond acceptors (Lipinski definition) is 4. The molecule has 0 saturated heterocycles. The molecule has 0 aliphatic heterocycles. The molecule has 1 atom stereocenters. The Morgan fingerprint density at radius 3 is 2.40 bits per heavy atom. The van der Waals surface area contributed by atoms with Crippen molar-refractivity contribution in [3.63, 3.8) is 0 Å². The molecular weight excluding hydrogens is 333 g/mol. The Balaban J connectivity index is -0.000000963. The Morgan fingerprint density at radius 2 is 1.90 bits per heavy atom. The van der Waals surface area contributed by atoms with E-state index in [0.29, 0.717) is 0 Å². The molecule has 2 N–H and O–H groups in total. The first-order valence-corrected chi connectivity index (χ1v) is 5.33. The second kappa shape index (κ2) is 15.6. The molecule has 1 rings (SSSR count). The molecule has 0 heterocycles. The second-order valence-corrected chi connectivity index (χ2v) is 3.54. The molecule has 0 fully saturated rings. The minimum Gasteiger partial charge on any atom is -1.00 e. The zero-order chi connectivity index (χ0) is 12.5. The normalized spacial score (nSPS) is 10.1. The second-order valence-electron chi connectivity index (χ2n) is 3.54. The summed E-state index contributed by atoms with van der Waals surface area (Å²) in [6.07, 6.45) is -0.565. The Kier molecular flexibility index (Phi) is 19.7. The van der Waals surface area contributed by atoms with Crippen molar-refractivity contribution in [3.05, 3.63) is 35.9 Å². The zero-order valence-electron chi connectivity index (χ0n) is 11.2. The number of rotatable bonds is 6. The van der Waals surface area contributed by atoms with Gasteiger partial charge in [-0.3, -0.25) is 0 Å². The summed E-state index contributed by atoms with van der Waals surface area (Å²) in [5.41, 5.74) is 0.912. The largest absolute Gasteiger partial charge is 2.00 e. The third-order valence-corrected chi connectivity index (χ3v) is 2.12. The summed E-state index contributed by atoms with van der Waals surface area (Å²) < 4.78 is 9.82. The maximum atomic E-state index is 11.4. The van der Waals surface area contributed by atoms with Crippen LogP contribution < -0.4 is 30.1 Å². The van der Waals surface area contributed by atoms with Gasteiger partial charge in [0.2, 0.25) is 0 Å². The van der Waals surface area contributed by atoms with E-state index in [1.807, 2.05) is 30.3 Å². The Morgan fingerprint density at radius 1 is 1.30 bits per heavy atom. The van der Waals surface area contributed by atoms with Crippen LogP contribution in [0.4, 0.5) is 4.79 Å². The molecular formula is C12H17CaCl2NO4. The molecule has 1 amide bonds. The number of hydrogen-bond donors (Lipinski definition) is 2. The van der Waals surface area contributed by atoms with E-state index in [-0.39, 0.29) is 82.4 Å². The summed E-state index contributed by atoms with van der Waals surface area (Å²) in [7, 11) is 1.50. The van der Waals surface area contributed by atoms with E-state index in [1.54, 1.807) is 0 Å². The van der Waals surface area contributed by atoms with Crippen molar-refractivity contribution >= 4 is 43.8 Å². The van der Waals surface area contributed by atoms with E-state index >= 15 is 0 Å². The quantitative estimate of drug-likeness (QED) is 0.503. The number of amides is 1. The number of benzene rings is 1. The molecule has 0 unspecified atom stereocenters. The zero-order valence-corrected chi connectivity index (χ0v) is 14.9. The van der Waals surface area contributed by atoms with E-state index in [4.69, 9.17) is 14.6 Å². The van der Waals surface area contributed by atoms with Crippen LogP contribution in [-0.4, -0.2) is 75.3 Å². The maximum Gasteiger partial charge on any atom is 2.00 e. The molecule has 1 aromatic carbocycles. The fourth-order valence-corrected chi connectivity index (χ4v) is 1.27. The molecule has 110 valence electrons. The van der Waals surface area contributed by atoms with Gasteiger partial charge in [0.1, 0.15) is 6.61 Å². The Bertz CT molecular complexity index is 343. The van der Waals surface area contributed by atoms with Gasteiger partial charge in [-0.15, -0.1) is 0 Å². The van der Waals surface area contributed by atoms with Gasteiger partial charge < -0.3 is 44.7 Å². The van der Waals surface area contributed by atoms with Crippen LogP contribution in [0.1, 0.15) is 5.56 Å². The van der Waals surface area contributed by atoms with Crippen LogP contribution in [-0.2, 0) is 16.1 Å². The van der Waals surface area contributed by atoms with E-state index in [0.717, 1.165) is 5.56 Å². The first-order valence-electron chi connectivity index (χ1n) is 5.33. The van der Waals surface area contributed by atoms with Crippen molar-refractivity contribution in [2.45, 2.75) is 12.6 Å². The third kappa shape index (κ3) is 11.0. The van der Waals surface area contributed by atoms with E-state index in [9.17, 15) is 4.79 Å². The van der Waals surface area contributed by atoms with Gasteiger partial charge in [-0.2, -0.15) is 0 Å². The van der Waals surface area contributed by atoms with Crippen molar-refractivity contribution in [2.24, 2.45) is 0 Å². The van der Waals surface area contributed by atoms with Crippen LogP contribution in [0.15, 0.2) is 30.3 Å². The number of halogens is 2. The summed E-state index contributed by atoms with van der Waals surface area (Å²) in [4.78, 5) is 11.4. The summed E-state index contributed by atoms with van der Waals surface area (Å²) in [6, 6.07) is 8.93. The summed E-state index contributed by atoms with van der Waals surface area (Å²) in [6.45, 7) is 0.267.